The van der Waals surface area contributed by atoms with E-state index in [2.05, 4.69) is 9.88 Å². The summed E-state index contributed by atoms with van der Waals surface area (Å²) in [5.74, 6) is 0.245. The average Bonchev–Trinajstić information content (AvgIpc) is 2.69. The quantitative estimate of drug-likeness (QED) is 0.834. The minimum Gasteiger partial charge on any atom is -0.389 e. The fourth-order valence-electron chi connectivity index (χ4n) is 1.77. The number of nitrogens with two attached hydrogens (primary N) is 1. The third-order valence-corrected chi connectivity index (χ3v) is 4.52. The van der Waals surface area contributed by atoms with Crippen LogP contribution in [0.5, 0.6) is 0 Å². The number of hydrogen-bond acceptors (Lipinski definition) is 5. The summed E-state index contributed by atoms with van der Waals surface area (Å²) in [6.07, 6.45) is 0. The van der Waals surface area contributed by atoms with Crippen LogP contribution in [0.15, 0.2) is 33.7 Å². The number of nitrogens with one attached hydrogen (secondary N) is 1. The molecule has 0 aliphatic rings. The summed E-state index contributed by atoms with van der Waals surface area (Å²) in [6.45, 7) is 3.12. The second-order valence-corrected chi connectivity index (χ2v) is 6.26. The van der Waals surface area contributed by atoms with E-state index in [1.165, 1.54) is 0 Å². The van der Waals surface area contributed by atoms with Crippen molar-refractivity contribution in [3.8, 4) is 0 Å². The van der Waals surface area contributed by atoms with E-state index < -0.39 is 10.0 Å². The molecule has 2 aromatic rings. The molecule has 0 spiro atoms. The van der Waals surface area contributed by atoms with Crippen molar-refractivity contribution in [1.82, 2.24) is 5.16 Å². The van der Waals surface area contributed by atoms with Crippen molar-refractivity contribution < 1.29 is 12.9 Å². The lowest BCUT2D eigenvalue weighted by atomic mass is 10.2. The molecule has 0 unspecified atom stereocenters. The number of benzene rings is 1. The Balaban J connectivity index is 2.31. The SMILES string of the molecule is Cc1noc(C)c1S(=O)(=O)Nc1ccc(C(N)=S)cc1. The molecule has 2 rings (SSSR count). The lowest BCUT2D eigenvalue weighted by Gasteiger charge is -2.08. The number of hydrogen-bond donors (Lipinski definition) is 2. The zero-order valence-corrected chi connectivity index (χ0v) is 12.5. The smallest absolute Gasteiger partial charge is 0.267 e. The molecule has 0 aliphatic carbocycles. The van der Waals surface area contributed by atoms with Gasteiger partial charge in [-0.1, -0.05) is 17.4 Å². The second-order valence-electron chi connectivity index (χ2n) is 4.20. The highest BCUT2D eigenvalue weighted by Gasteiger charge is 2.24. The minimum atomic E-state index is -3.73. The van der Waals surface area contributed by atoms with E-state index in [1.807, 2.05) is 0 Å². The lowest BCUT2D eigenvalue weighted by Crippen LogP contribution is -2.15. The summed E-state index contributed by atoms with van der Waals surface area (Å²) in [5, 5.41) is 3.63. The second kappa shape index (κ2) is 5.22. The van der Waals surface area contributed by atoms with Gasteiger partial charge in [0.05, 0.1) is 0 Å². The molecular weight excluding hydrogens is 298 g/mol. The molecule has 0 saturated heterocycles. The molecule has 0 radical (unpaired) electrons. The molecule has 0 bridgehead atoms. The van der Waals surface area contributed by atoms with Crippen LogP contribution in [-0.2, 0) is 10.0 Å². The molecule has 1 aromatic heterocycles. The third-order valence-electron chi connectivity index (χ3n) is 2.66. The Morgan fingerprint density at radius 1 is 1.30 bits per heavy atom. The molecule has 3 N–H and O–H groups in total. The largest absolute Gasteiger partial charge is 0.389 e. The summed E-state index contributed by atoms with van der Waals surface area (Å²) < 4.78 is 31.8. The normalized spacial score (nSPS) is 11.3. The molecule has 106 valence electrons. The Morgan fingerprint density at radius 3 is 2.35 bits per heavy atom. The van der Waals surface area contributed by atoms with Crippen LogP contribution >= 0.6 is 12.2 Å². The van der Waals surface area contributed by atoms with Gasteiger partial charge in [0, 0.05) is 11.3 Å². The molecule has 20 heavy (non-hydrogen) atoms. The van der Waals surface area contributed by atoms with Crippen LogP contribution in [0.3, 0.4) is 0 Å². The zero-order chi connectivity index (χ0) is 14.9. The van der Waals surface area contributed by atoms with Crippen molar-refractivity contribution in [2.45, 2.75) is 18.7 Å². The molecule has 0 fully saturated rings. The summed E-state index contributed by atoms with van der Waals surface area (Å²) in [6, 6.07) is 6.47. The number of rotatable bonds is 4. The van der Waals surface area contributed by atoms with Gasteiger partial charge >= 0.3 is 0 Å². The fourth-order valence-corrected chi connectivity index (χ4v) is 3.29. The van der Waals surface area contributed by atoms with Crippen molar-refractivity contribution >= 4 is 32.9 Å². The maximum atomic E-state index is 12.3. The summed E-state index contributed by atoms with van der Waals surface area (Å²) in [4.78, 5) is 0.307. The Kier molecular flexibility index (Phi) is 3.78. The van der Waals surface area contributed by atoms with E-state index in [0.717, 1.165) is 0 Å². The maximum absolute atomic E-state index is 12.3. The Morgan fingerprint density at radius 2 is 1.90 bits per heavy atom. The van der Waals surface area contributed by atoms with Gasteiger partial charge in [-0.05, 0) is 38.1 Å². The van der Waals surface area contributed by atoms with E-state index in [1.54, 1.807) is 38.1 Å². The minimum absolute atomic E-state index is 0.0518. The first-order chi connectivity index (χ1) is 9.31. The first-order valence-electron chi connectivity index (χ1n) is 5.67. The molecule has 1 heterocycles. The molecule has 6 nitrogen and oxygen atoms in total. The fraction of sp³-hybridized carbons (Fsp3) is 0.167. The predicted octanol–water partition coefficient (Wildman–Crippen LogP) is 1.73. The van der Waals surface area contributed by atoms with Crippen molar-refractivity contribution in [2.24, 2.45) is 5.73 Å². The van der Waals surface area contributed by atoms with Crippen molar-refractivity contribution in [3.63, 3.8) is 0 Å². The highest BCUT2D eigenvalue weighted by molar-refractivity contribution is 7.92. The summed E-state index contributed by atoms with van der Waals surface area (Å²) in [7, 11) is -3.73. The van der Waals surface area contributed by atoms with Gasteiger partial charge in [0.25, 0.3) is 10.0 Å². The van der Waals surface area contributed by atoms with Gasteiger partial charge in [-0.2, -0.15) is 0 Å². The third kappa shape index (κ3) is 2.81. The maximum Gasteiger partial charge on any atom is 0.267 e. The van der Waals surface area contributed by atoms with E-state index >= 15 is 0 Å². The zero-order valence-electron chi connectivity index (χ0n) is 10.9. The van der Waals surface area contributed by atoms with Crippen LogP contribution in [0.4, 0.5) is 5.69 Å². The Bertz CT molecular complexity index is 729. The van der Waals surface area contributed by atoms with E-state index in [4.69, 9.17) is 22.5 Å². The first kappa shape index (κ1) is 14.5. The molecule has 0 saturated carbocycles. The standard InChI is InChI=1S/C12H13N3O3S2/c1-7-11(8(2)18-14-7)20(16,17)15-10-5-3-9(4-6-10)12(13)19/h3-6,15H,1-2H3,(H2,13,19). The van der Waals surface area contributed by atoms with E-state index in [0.29, 0.717) is 16.9 Å². The van der Waals surface area contributed by atoms with E-state index in [-0.39, 0.29) is 15.6 Å². The van der Waals surface area contributed by atoms with Crippen LogP contribution in [-0.4, -0.2) is 18.6 Å². The lowest BCUT2D eigenvalue weighted by molar-refractivity contribution is 0.390. The summed E-state index contributed by atoms with van der Waals surface area (Å²) in [5.41, 5.74) is 6.87. The van der Waals surface area contributed by atoms with Gasteiger partial charge in [-0.15, -0.1) is 0 Å². The molecular formula is C12H13N3O3S2. The highest BCUT2D eigenvalue weighted by Crippen LogP contribution is 2.22. The number of nitrogens with zero attached hydrogens (tertiary/aromatic N) is 1. The average molecular weight is 311 g/mol. The summed E-state index contributed by atoms with van der Waals surface area (Å²) >= 11 is 4.83. The van der Waals surface area contributed by atoms with Crippen LogP contribution in [0, 0.1) is 13.8 Å². The Labute approximate surface area is 122 Å². The highest BCUT2D eigenvalue weighted by atomic mass is 32.2. The topological polar surface area (TPSA) is 98.2 Å². The Hall–Kier alpha value is -1.93. The number of sulfonamides is 1. The number of aromatic nitrogens is 1. The van der Waals surface area contributed by atoms with Crippen LogP contribution in [0.1, 0.15) is 17.0 Å². The molecule has 8 heteroatoms. The predicted molar refractivity (Wildman–Crippen MR) is 79.1 cm³/mol. The van der Waals surface area contributed by atoms with Crippen molar-refractivity contribution in [1.29, 1.82) is 0 Å². The number of thiocarbonyl (C=S) groups is 1. The van der Waals surface area contributed by atoms with Crippen LogP contribution in [0.25, 0.3) is 0 Å². The van der Waals surface area contributed by atoms with Gasteiger partial charge in [-0.3, -0.25) is 4.72 Å². The van der Waals surface area contributed by atoms with Crippen molar-refractivity contribution in [2.75, 3.05) is 4.72 Å². The van der Waals surface area contributed by atoms with E-state index in [9.17, 15) is 8.42 Å². The number of anilines is 1. The van der Waals surface area contributed by atoms with Crippen molar-refractivity contribution in [3.05, 3.63) is 41.3 Å². The van der Waals surface area contributed by atoms with Gasteiger partial charge in [0.1, 0.15) is 10.7 Å². The molecule has 0 aliphatic heterocycles. The van der Waals surface area contributed by atoms with Crippen LogP contribution in [0.2, 0.25) is 0 Å². The van der Waals surface area contributed by atoms with Gasteiger partial charge in [0.2, 0.25) is 0 Å². The van der Waals surface area contributed by atoms with Gasteiger partial charge in [0.15, 0.2) is 10.7 Å². The molecule has 0 atom stereocenters. The first-order valence-corrected chi connectivity index (χ1v) is 7.56. The number of aryl methyl sites for hydroxylation is 2. The molecule has 0 amide bonds. The van der Waals surface area contributed by atoms with Gasteiger partial charge in [-0.25, -0.2) is 8.42 Å². The van der Waals surface area contributed by atoms with Gasteiger partial charge < -0.3 is 10.3 Å². The monoisotopic (exact) mass is 311 g/mol. The van der Waals surface area contributed by atoms with Crippen LogP contribution < -0.4 is 10.5 Å². The molecule has 1 aromatic carbocycles.